The van der Waals surface area contributed by atoms with E-state index in [1.807, 2.05) is 4.68 Å². The van der Waals surface area contributed by atoms with Gasteiger partial charge in [-0.05, 0) is 56.5 Å². The van der Waals surface area contributed by atoms with Crippen LogP contribution in [0.5, 0.6) is 0 Å². The third-order valence-electron chi connectivity index (χ3n) is 4.02. The van der Waals surface area contributed by atoms with Gasteiger partial charge in [-0.2, -0.15) is 5.10 Å². The average Bonchev–Trinajstić information content (AvgIpc) is 2.72. The van der Waals surface area contributed by atoms with Crippen molar-refractivity contribution in [3.05, 3.63) is 46.3 Å². The van der Waals surface area contributed by atoms with Crippen molar-refractivity contribution in [3.8, 4) is 5.69 Å². The molecule has 1 heterocycles. The van der Waals surface area contributed by atoms with E-state index < -0.39 is 0 Å². The molecule has 1 aromatic carbocycles. The third kappa shape index (κ3) is 3.52. The van der Waals surface area contributed by atoms with Crippen molar-refractivity contribution in [2.45, 2.75) is 34.2 Å². The Balaban J connectivity index is 2.16. The van der Waals surface area contributed by atoms with Gasteiger partial charge in [0.2, 0.25) is 0 Å². The maximum Gasteiger partial charge on any atom is 0.0651 e. The molecular weight excluding hydrogens is 262 g/mol. The minimum atomic E-state index is 0.738. The fourth-order valence-corrected chi connectivity index (χ4v) is 2.38. The predicted molar refractivity (Wildman–Crippen MR) is 86.1 cm³/mol. The van der Waals surface area contributed by atoms with Gasteiger partial charge in [0.15, 0.2) is 0 Å². The van der Waals surface area contributed by atoms with Gasteiger partial charge in [0.1, 0.15) is 0 Å². The molecule has 0 bridgehead atoms. The Morgan fingerprint density at radius 2 is 1.95 bits per heavy atom. The van der Waals surface area contributed by atoms with E-state index >= 15 is 0 Å². The summed E-state index contributed by atoms with van der Waals surface area (Å²) in [5, 5.41) is 8.00. The number of hydrogen-bond acceptors (Lipinski definition) is 3. The van der Waals surface area contributed by atoms with E-state index in [-0.39, 0.29) is 0 Å². The van der Waals surface area contributed by atoms with Crippen LogP contribution < -0.4 is 5.32 Å². The second-order valence-corrected chi connectivity index (χ2v) is 5.49. The number of nitrogens with zero attached hydrogens (tertiary/aromatic N) is 2. The maximum absolute atomic E-state index is 5.04. The van der Waals surface area contributed by atoms with Gasteiger partial charge in [-0.1, -0.05) is 6.07 Å². The third-order valence-corrected chi connectivity index (χ3v) is 4.02. The molecule has 0 aliphatic carbocycles. The van der Waals surface area contributed by atoms with E-state index in [1.165, 1.54) is 22.4 Å². The van der Waals surface area contributed by atoms with E-state index in [4.69, 9.17) is 4.74 Å². The Labute approximate surface area is 127 Å². The van der Waals surface area contributed by atoms with Crippen molar-refractivity contribution in [2.24, 2.45) is 0 Å². The molecule has 4 nitrogen and oxygen atoms in total. The fourth-order valence-electron chi connectivity index (χ4n) is 2.38. The lowest BCUT2D eigenvalue weighted by Gasteiger charge is -2.11. The summed E-state index contributed by atoms with van der Waals surface area (Å²) in [4.78, 5) is 0. The Hall–Kier alpha value is -1.65. The first-order valence-electron chi connectivity index (χ1n) is 7.37. The van der Waals surface area contributed by atoms with Crippen molar-refractivity contribution in [1.82, 2.24) is 15.1 Å². The summed E-state index contributed by atoms with van der Waals surface area (Å²) in [6.07, 6.45) is 0. The molecule has 21 heavy (non-hydrogen) atoms. The van der Waals surface area contributed by atoms with Gasteiger partial charge < -0.3 is 10.1 Å². The van der Waals surface area contributed by atoms with Crippen LogP contribution in [0.2, 0.25) is 0 Å². The van der Waals surface area contributed by atoms with Crippen LogP contribution in [0.25, 0.3) is 5.69 Å². The van der Waals surface area contributed by atoms with Crippen molar-refractivity contribution in [2.75, 3.05) is 20.3 Å². The molecule has 1 aromatic heterocycles. The van der Waals surface area contributed by atoms with Crippen LogP contribution in [0.4, 0.5) is 0 Å². The van der Waals surface area contributed by atoms with Crippen LogP contribution in [-0.4, -0.2) is 30.0 Å². The number of nitrogens with one attached hydrogen (secondary N) is 1. The smallest absolute Gasteiger partial charge is 0.0651 e. The molecule has 0 amide bonds. The van der Waals surface area contributed by atoms with E-state index in [2.05, 4.69) is 56.3 Å². The average molecular weight is 287 g/mol. The Morgan fingerprint density at radius 3 is 2.52 bits per heavy atom. The van der Waals surface area contributed by atoms with E-state index in [0.717, 1.165) is 31.1 Å². The van der Waals surface area contributed by atoms with Gasteiger partial charge in [-0.15, -0.1) is 0 Å². The molecule has 4 heteroatoms. The lowest BCUT2D eigenvalue weighted by molar-refractivity contribution is 0.199. The summed E-state index contributed by atoms with van der Waals surface area (Å²) >= 11 is 0. The van der Waals surface area contributed by atoms with Crippen LogP contribution in [-0.2, 0) is 11.3 Å². The van der Waals surface area contributed by atoms with Crippen LogP contribution >= 0.6 is 0 Å². The molecule has 2 aromatic rings. The van der Waals surface area contributed by atoms with Gasteiger partial charge in [-0.25, -0.2) is 4.68 Å². The standard InChI is InChI=1S/C17H25N3O/c1-12-10-17(20-15(4)13(2)14(3)19-20)7-6-16(12)11-18-8-9-21-5/h6-7,10,18H,8-9,11H2,1-5H3. The SMILES string of the molecule is COCCNCc1ccc(-n2nc(C)c(C)c2C)cc1C. The van der Waals surface area contributed by atoms with Crippen LogP contribution in [0, 0.1) is 27.7 Å². The number of aryl methyl sites for hydroxylation is 2. The van der Waals surface area contributed by atoms with Gasteiger partial charge in [-0.3, -0.25) is 0 Å². The molecule has 0 fully saturated rings. The first-order valence-corrected chi connectivity index (χ1v) is 7.37. The number of methoxy groups -OCH3 is 1. The van der Waals surface area contributed by atoms with Crippen LogP contribution in [0.15, 0.2) is 18.2 Å². The summed E-state index contributed by atoms with van der Waals surface area (Å²) < 4.78 is 7.07. The molecule has 0 spiro atoms. The first-order chi connectivity index (χ1) is 10.0. The summed E-state index contributed by atoms with van der Waals surface area (Å²) in [6.45, 7) is 10.9. The molecule has 0 saturated carbocycles. The van der Waals surface area contributed by atoms with Crippen LogP contribution in [0.1, 0.15) is 28.1 Å². The summed E-state index contributed by atoms with van der Waals surface area (Å²) in [5.41, 5.74) is 7.28. The summed E-state index contributed by atoms with van der Waals surface area (Å²) in [5.74, 6) is 0. The molecule has 0 aliphatic rings. The lowest BCUT2D eigenvalue weighted by atomic mass is 10.1. The quantitative estimate of drug-likeness (QED) is 0.830. The van der Waals surface area contributed by atoms with Gasteiger partial charge >= 0.3 is 0 Å². The first kappa shape index (κ1) is 15.7. The predicted octanol–water partition coefficient (Wildman–Crippen LogP) is 2.84. The number of aromatic nitrogens is 2. The van der Waals surface area contributed by atoms with Crippen molar-refractivity contribution < 1.29 is 4.74 Å². The molecule has 0 atom stereocenters. The molecule has 1 N–H and O–H groups in total. The number of hydrogen-bond donors (Lipinski definition) is 1. The van der Waals surface area contributed by atoms with E-state index in [9.17, 15) is 0 Å². The number of rotatable bonds is 6. The van der Waals surface area contributed by atoms with Crippen molar-refractivity contribution >= 4 is 0 Å². The van der Waals surface area contributed by atoms with Crippen molar-refractivity contribution in [1.29, 1.82) is 0 Å². The molecule has 0 unspecified atom stereocenters. The topological polar surface area (TPSA) is 39.1 Å². The highest BCUT2D eigenvalue weighted by Gasteiger charge is 2.09. The zero-order valence-corrected chi connectivity index (χ0v) is 13.7. The number of ether oxygens (including phenoxy) is 1. The second-order valence-electron chi connectivity index (χ2n) is 5.49. The largest absolute Gasteiger partial charge is 0.383 e. The Bertz CT molecular complexity index is 617. The Kier molecular flexibility index (Phi) is 5.15. The molecule has 0 radical (unpaired) electrons. The van der Waals surface area contributed by atoms with E-state index in [1.54, 1.807) is 7.11 Å². The van der Waals surface area contributed by atoms with E-state index in [0.29, 0.717) is 0 Å². The highest BCUT2D eigenvalue weighted by molar-refractivity contribution is 5.42. The second kappa shape index (κ2) is 6.87. The zero-order valence-electron chi connectivity index (χ0n) is 13.7. The highest BCUT2D eigenvalue weighted by atomic mass is 16.5. The normalized spacial score (nSPS) is 11.1. The molecule has 0 saturated heterocycles. The molecule has 0 aliphatic heterocycles. The lowest BCUT2D eigenvalue weighted by Crippen LogP contribution is -2.19. The molecule has 114 valence electrons. The van der Waals surface area contributed by atoms with Gasteiger partial charge in [0.25, 0.3) is 0 Å². The minimum Gasteiger partial charge on any atom is -0.383 e. The van der Waals surface area contributed by atoms with Crippen LogP contribution in [0.3, 0.4) is 0 Å². The molecular formula is C17H25N3O. The monoisotopic (exact) mass is 287 g/mol. The van der Waals surface area contributed by atoms with Gasteiger partial charge in [0.05, 0.1) is 18.0 Å². The van der Waals surface area contributed by atoms with Gasteiger partial charge in [0, 0.05) is 25.9 Å². The minimum absolute atomic E-state index is 0.738. The van der Waals surface area contributed by atoms with Crippen molar-refractivity contribution in [3.63, 3.8) is 0 Å². The highest BCUT2D eigenvalue weighted by Crippen LogP contribution is 2.19. The maximum atomic E-state index is 5.04. The fraction of sp³-hybridized carbons (Fsp3) is 0.471. The summed E-state index contributed by atoms with van der Waals surface area (Å²) in [7, 11) is 1.72. The number of benzene rings is 1. The Morgan fingerprint density at radius 1 is 1.19 bits per heavy atom. The summed E-state index contributed by atoms with van der Waals surface area (Å²) in [6, 6.07) is 6.52. The zero-order chi connectivity index (χ0) is 15.4. The molecule has 2 rings (SSSR count).